The lowest BCUT2D eigenvalue weighted by atomic mass is 10.0. The molecule has 3 aromatic rings. The number of rotatable bonds is 6. The zero-order valence-corrected chi connectivity index (χ0v) is 15.7. The molecule has 140 valence electrons. The minimum atomic E-state index is -0.335. The van der Waals surface area contributed by atoms with E-state index in [4.69, 9.17) is 0 Å². The van der Waals surface area contributed by atoms with E-state index >= 15 is 0 Å². The minimum absolute atomic E-state index is 0.0595. The zero-order chi connectivity index (χ0) is 19.4. The van der Waals surface area contributed by atoms with Crippen molar-refractivity contribution < 1.29 is 9.18 Å². The lowest BCUT2D eigenvalue weighted by Gasteiger charge is -2.10. The Morgan fingerprint density at radius 2 is 2.07 bits per heavy atom. The van der Waals surface area contributed by atoms with Crippen LogP contribution in [0.15, 0.2) is 48.8 Å². The summed E-state index contributed by atoms with van der Waals surface area (Å²) in [6.07, 6.45) is 4.02. The van der Waals surface area contributed by atoms with Gasteiger partial charge in [0.2, 0.25) is 0 Å². The van der Waals surface area contributed by atoms with E-state index in [2.05, 4.69) is 15.4 Å². The van der Waals surface area contributed by atoms with Gasteiger partial charge in [-0.2, -0.15) is 5.10 Å². The molecule has 6 heteroatoms. The van der Waals surface area contributed by atoms with Gasteiger partial charge in [-0.1, -0.05) is 32.9 Å². The molecule has 0 saturated heterocycles. The van der Waals surface area contributed by atoms with Gasteiger partial charge in [-0.05, 0) is 42.2 Å². The van der Waals surface area contributed by atoms with Crippen LogP contribution in [0.5, 0.6) is 0 Å². The van der Waals surface area contributed by atoms with Crippen LogP contribution in [0.1, 0.15) is 54.0 Å². The Labute approximate surface area is 158 Å². The van der Waals surface area contributed by atoms with E-state index in [1.165, 1.54) is 12.1 Å². The number of benzene rings is 1. The minimum Gasteiger partial charge on any atom is -0.348 e. The lowest BCUT2D eigenvalue weighted by Crippen LogP contribution is -2.25. The van der Waals surface area contributed by atoms with Crippen molar-refractivity contribution in [2.24, 2.45) is 0 Å². The largest absolute Gasteiger partial charge is 0.348 e. The predicted octanol–water partition coefficient (Wildman–Crippen LogP) is 4.02. The van der Waals surface area contributed by atoms with E-state index in [-0.39, 0.29) is 17.6 Å². The van der Waals surface area contributed by atoms with Crippen LogP contribution >= 0.6 is 0 Å². The first kappa shape index (κ1) is 18.8. The lowest BCUT2D eigenvalue weighted by molar-refractivity contribution is 0.0948. The standard InChI is InChI=1S/C21H23FN4O/c1-4-18-19(21(27)24-13-15-7-6-10-23-12-15)20(14(2)3)25-26(18)17-9-5-8-16(22)11-17/h5-12,14H,4,13H2,1-3H3,(H,24,27). The third-order valence-corrected chi connectivity index (χ3v) is 4.35. The van der Waals surface area contributed by atoms with Gasteiger partial charge < -0.3 is 5.32 Å². The second-order valence-corrected chi connectivity index (χ2v) is 6.65. The Bertz CT molecular complexity index is 935. The molecule has 3 rings (SSSR count). The number of carbonyl (C=O) groups is 1. The Kier molecular flexibility index (Phi) is 5.64. The Balaban J connectivity index is 1.99. The number of aromatic nitrogens is 3. The summed E-state index contributed by atoms with van der Waals surface area (Å²) in [5.41, 5.74) is 3.58. The summed E-state index contributed by atoms with van der Waals surface area (Å²) >= 11 is 0. The number of nitrogens with one attached hydrogen (secondary N) is 1. The van der Waals surface area contributed by atoms with E-state index in [0.717, 1.165) is 11.3 Å². The summed E-state index contributed by atoms with van der Waals surface area (Å²) in [5, 5.41) is 7.60. The number of amides is 1. The number of hydrogen-bond donors (Lipinski definition) is 1. The molecule has 0 radical (unpaired) electrons. The molecule has 0 aliphatic carbocycles. The summed E-state index contributed by atoms with van der Waals surface area (Å²) in [4.78, 5) is 17.0. The SMILES string of the molecule is CCc1c(C(=O)NCc2cccnc2)c(C(C)C)nn1-c1cccc(F)c1. The van der Waals surface area contributed by atoms with Gasteiger partial charge in [0, 0.05) is 18.9 Å². The highest BCUT2D eigenvalue weighted by atomic mass is 19.1. The van der Waals surface area contributed by atoms with Crippen molar-refractivity contribution in [3.05, 3.63) is 77.1 Å². The Morgan fingerprint density at radius 1 is 1.26 bits per heavy atom. The van der Waals surface area contributed by atoms with Crippen LogP contribution in [0.4, 0.5) is 4.39 Å². The normalized spacial score (nSPS) is 11.0. The molecule has 1 aromatic carbocycles. The topological polar surface area (TPSA) is 59.8 Å². The van der Waals surface area contributed by atoms with Crippen LogP contribution in [0.25, 0.3) is 5.69 Å². The highest BCUT2D eigenvalue weighted by molar-refractivity contribution is 5.96. The first-order chi connectivity index (χ1) is 13.0. The van der Waals surface area contributed by atoms with Crippen LogP contribution < -0.4 is 5.32 Å². The maximum absolute atomic E-state index is 13.7. The van der Waals surface area contributed by atoms with E-state index < -0.39 is 0 Å². The number of nitrogens with zero attached hydrogens (tertiary/aromatic N) is 3. The van der Waals surface area contributed by atoms with Crippen molar-refractivity contribution in [2.45, 2.75) is 39.7 Å². The quantitative estimate of drug-likeness (QED) is 0.717. The fraction of sp³-hybridized carbons (Fsp3) is 0.286. The molecule has 0 unspecified atom stereocenters. The van der Waals surface area contributed by atoms with Crippen LogP contribution in [0.3, 0.4) is 0 Å². The van der Waals surface area contributed by atoms with Crippen molar-refractivity contribution >= 4 is 5.91 Å². The van der Waals surface area contributed by atoms with Crippen LogP contribution in [-0.2, 0) is 13.0 Å². The molecular weight excluding hydrogens is 343 g/mol. The van der Waals surface area contributed by atoms with Gasteiger partial charge in [-0.3, -0.25) is 9.78 Å². The zero-order valence-electron chi connectivity index (χ0n) is 15.7. The summed E-state index contributed by atoms with van der Waals surface area (Å²) in [7, 11) is 0. The molecule has 0 saturated carbocycles. The average Bonchev–Trinajstić information content (AvgIpc) is 3.07. The molecular formula is C21H23FN4O. The van der Waals surface area contributed by atoms with Gasteiger partial charge in [0.25, 0.3) is 5.91 Å². The Morgan fingerprint density at radius 3 is 2.70 bits per heavy atom. The van der Waals surface area contributed by atoms with Crippen molar-refractivity contribution in [3.63, 3.8) is 0 Å². The molecule has 1 amide bonds. The summed E-state index contributed by atoms with van der Waals surface area (Å²) in [6, 6.07) is 9.99. The average molecular weight is 366 g/mol. The summed E-state index contributed by atoms with van der Waals surface area (Å²) in [5.74, 6) is -0.454. The first-order valence-electron chi connectivity index (χ1n) is 9.06. The molecule has 0 aliphatic rings. The third-order valence-electron chi connectivity index (χ3n) is 4.35. The molecule has 27 heavy (non-hydrogen) atoms. The fourth-order valence-electron chi connectivity index (χ4n) is 3.04. The van der Waals surface area contributed by atoms with E-state index in [1.807, 2.05) is 32.9 Å². The highest BCUT2D eigenvalue weighted by Crippen LogP contribution is 2.25. The molecule has 0 aliphatic heterocycles. The number of carbonyl (C=O) groups excluding carboxylic acids is 1. The monoisotopic (exact) mass is 366 g/mol. The van der Waals surface area contributed by atoms with Crippen molar-refractivity contribution in [1.82, 2.24) is 20.1 Å². The number of halogens is 1. The fourth-order valence-corrected chi connectivity index (χ4v) is 3.04. The summed E-state index contributed by atoms with van der Waals surface area (Å²) in [6.45, 7) is 6.35. The second kappa shape index (κ2) is 8.12. The van der Waals surface area contributed by atoms with Gasteiger partial charge in [-0.25, -0.2) is 9.07 Å². The first-order valence-corrected chi connectivity index (χ1v) is 9.06. The molecule has 1 N–H and O–H groups in total. The van der Waals surface area contributed by atoms with Gasteiger partial charge in [0.15, 0.2) is 0 Å². The van der Waals surface area contributed by atoms with Crippen LogP contribution in [-0.4, -0.2) is 20.7 Å². The Hall–Kier alpha value is -3.02. The van der Waals surface area contributed by atoms with E-state index in [0.29, 0.717) is 29.9 Å². The molecule has 2 aromatic heterocycles. The highest BCUT2D eigenvalue weighted by Gasteiger charge is 2.25. The molecule has 0 atom stereocenters. The van der Waals surface area contributed by atoms with E-state index in [1.54, 1.807) is 29.2 Å². The van der Waals surface area contributed by atoms with Gasteiger partial charge >= 0.3 is 0 Å². The maximum atomic E-state index is 13.7. The van der Waals surface area contributed by atoms with Crippen molar-refractivity contribution in [2.75, 3.05) is 0 Å². The van der Waals surface area contributed by atoms with Gasteiger partial charge in [0.05, 0.1) is 22.6 Å². The van der Waals surface area contributed by atoms with Crippen LogP contribution in [0.2, 0.25) is 0 Å². The third kappa shape index (κ3) is 4.05. The van der Waals surface area contributed by atoms with Crippen LogP contribution in [0, 0.1) is 5.82 Å². The van der Waals surface area contributed by atoms with Gasteiger partial charge in [0.1, 0.15) is 5.82 Å². The molecule has 0 spiro atoms. The van der Waals surface area contributed by atoms with Gasteiger partial charge in [-0.15, -0.1) is 0 Å². The number of hydrogen-bond acceptors (Lipinski definition) is 3. The smallest absolute Gasteiger partial charge is 0.255 e. The van der Waals surface area contributed by atoms with E-state index in [9.17, 15) is 9.18 Å². The number of pyridine rings is 1. The molecule has 2 heterocycles. The second-order valence-electron chi connectivity index (χ2n) is 6.65. The van der Waals surface area contributed by atoms with Crippen molar-refractivity contribution in [3.8, 4) is 5.69 Å². The predicted molar refractivity (Wildman–Crippen MR) is 102 cm³/mol. The summed E-state index contributed by atoms with van der Waals surface area (Å²) < 4.78 is 15.4. The molecule has 0 bridgehead atoms. The molecule has 0 fully saturated rings. The molecule has 5 nitrogen and oxygen atoms in total. The maximum Gasteiger partial charge on any atom is 0.255 e. The van der Waals surface area contributed by atoms with Crippen molar-refractivity contribution in [1.29, 1.82) is 0 Å².